The molecule has 147 valence electrons. The van der Waals surface area contributed by atoms with E-state index < -0.39 is 11.9 Å². The van der Waals surface area contributed by atoms with Crippen molar-refractivity contribution in [2.45, 2.75) is 19.8 Å². The second kappa shape index (κ2) is 19.3. The Kier molecular flexibility index (Phi) is 20.8. The number of Topliss-reactive ketones (excluding diaryl/α,β-unsaturated/α-hetero) is 1. The summed E-state index contributed by atoms with van der Waals surface area (Å²) >= 11 is 0. The van der Waals surface area contributed by atoms with Gasteiger partial charge in [-0.1, -0.05) is 54.6 Å². The van der Waals surface area contributed by atoms with Crippen LogP contribution in [0.4, 0.5) is 0 Å². The smallest absolute Gasteiger partial charge is 0 e. The summed E-state index contributed by atoms with van der Waals surface area (Å²) in [5.41, 5.74) is 6.85. The Morgan fingerprint density at radius 3 is 2.04 bits per heavy atom. The second-order valence-corrected chi connectivity index (χ2v) is 5.12. The molecule has 1 aromatic carbocycles. The van der Waals surface area contributed by atoms with E-state index in [1.807, 2.05) is 54.6 Å². The summed E-state index contributed by atoms with van der Waals surface area (Å²) in [6.45, 7) is 12.5. The van der Waals surface area contributed by atoms with Crippen molar-refractivity contribution < 1.29 is 45.5 Å². The normalized spacial score (nSPS) is 16.6. The number of ether oxygens (including phenoxy) is 1. The quantitative estimate of drug-likeness (QED) is 0.236. The van der Waals surface area contributed by atoms with Gasteiger partial charge in [0.05, 0.1) is 6.61 Å². The second-order valence-electron chi connectivity index (χ2n) is 5.12. The van der Waals surface area contributed by atoms with Crippen molar-refractivity contribution in [3.8, 4) is 0 Å². The van der Waals surface area contributed by atoms with Gasteiger partial charge in [0.1, 0.15) is 11.7 Å². The van der Waals surface area contributed by atoms with Crippen LogP contribution in [0, 0.1) is 30.6 Å². The summed E-state index contributed by atoms with van der Waals surface area (Å²) in [6, 6.07) is 9.92. The largest absolute Gasteiger partial charge is 0 e. The van der Waals surface area contributed by atoms with E-state index in [2.05, 4.69) is 13.3 Å². The molecule has 3 atom stereocenters. The minimum Gasteiger partial charge on any atom is 0 e. The molecule has 0 spiro atoms. The molecule has 1 aliphatic carbocycles. The summed E-state index contributed by atoms with van der Waals surface area (Å²) in [7, 11) is 0. The molecule has 8 heteroatoms. The molecule has 0 N–H and O–H groups in total. The number of carbonyl (C=O) groups is 2. The zero-order valence-electron chi connectivity index (χ0n) is 15.4. The molecule has 0 saturated heterocycles. The molecule has 1 radical (unpaired) electrons. The number of hydrogen-bond acceptors (Lipinski definition) is 4. The van der Waals surface area contributed by atoms with Gasteiger partial charge in [-0.15, -0.1) is 0 Å². The minimum atomic E-state index is -0.753. The van der Waals surface area contributed by atoms with Gasteiger partial charge in [0, 0.05) is 28.9 Å². The topological polar surface area (TPSA) is 127 Å². The van der Waals surface area contributed by atoms with Crippen LogP contribution < -0.4 is 0 Å². The van der Waals surface area contributed by atoms with Crippen molar-refractivity contribution in [1.82, 2.24) is 0 Å². The fourth-order valence-corrected chi connectivity index (χ4v) is 2.78. The summed E-state index contributed by atoms with van der Waals surface area (Å²) in [5.74, 6) is -1.53. The fourth-order valence-electron chi connectivity index (χ4n) is 2.78. The number of benzene rings is 1. The Morgan fingerprint density at radius 1 is 1.07 bits per heavy atom. The van der Waals surface area contributed by atoms with Crippen LogP contribution in [-0.2, 0) is 45.5 Å². The molecule has 28 heavy (non-hydrogen) atoms. The number of carbonyl (C=O) groups excluding carboxylic acids is 2. The molecule has 0 bridgehead atoms. The molecule has 0 aliphatic heterocycles. The van der Waals surface area contributed by atoms with E-state index in [1.165, 1.54) is 6.92 Å². The van der Waals surface area contributed by atoms with E-state index in [1.54, 1.807) is 6.92 Å². The molecular formula is C20H20MnNO6+. The molecule has 0 fully saturated rings. The monoisotopic (exact) mass is 425 g/mol. The van der Waals surface area contributed by atoms with Crippen molar-refractivity contribution in [2.75, 3.05) is 6.61 Å². The Bertz CT molecular complexity index is 679. The van der Waals surface area contributed by atoms with Gasteiger partial charge in [0.2, 0.25) is 0 Å². The fraction of sp³-hybridized carbons (Fsp3) is 0.300. The first kappa shape index (κ1) is 30.2. The third kappa shape index (κ3) is 9.45. The summed E-state index contributed by atoms with van der Waals surface area (Å²) in [4.78, 5) is 24.1. The zero-order chi connectivity index (χ0) is 21.2. The van der Waals surface area contributed by atoms with Gasteiger partial charge in [-0.2, -0.15) is 0 Å². The van der Waals surface area contributed by atoms with E-state index in [9.17, 15) is 9.59 Å². The predicted octanol–water partition coefficient (Wildman–Crippen LogP) is 3.10. The SMILES string of the molecule is CCOC(=O)C(C(C)=O)[C@H]1C=CC=C[C@H]1c1ccccc1.N#[O+].[C-]#[O+].[C-]#[O+].[Mn]. The van der Waals surface area contributed by atoms with Crippen LogP contribution in [0.15, 0.2) is 54.6 Å². The summed E-state index contributed by atoms with van der Waals surface area (Å²) < 4.78 is 27.3. The Hall–Kier alpha value is -2.49. The van der Waals surface area contributed by atoms with E-state index >= 15 is 0 Å². The first-order valence-electron chi connectivity index (χ1n) is 7.81. The first-order valence-corrected chi connectivity index (χ1v) is 7.81. The van der Waals surface area contributed by atoms with Crippen LogP contribution in [0.3, 0.4) is 0 Å². The van der Waals surface area contributed by atoms with Crippen LogP contribution >= 0.6 is 0 Å². The van der Waals surface area contributed by atoms with Gasteiger partial charge in [-0.05, 0) is 19.4 Å². The third-order valence-corrected chi connectivity index (χ3v) is 3.73. The number of allylic oxidation sites excluding steroid dienone is 4. The maximum Gasteiger partial charge on any atom is 0 e. The number of esters is 1. The van der Waals surface area contributed by atoms with Crippen molar-refractivity contribution in [1.29, 1.82) is 5.46 Å². The minimum absolute atomic E-state index is 0. The third-order valence-electron chi connectivity index (χ3n) is 3.73. The van der Waals surface area contributed by atoms with Crippen molar-refractivity contribution >= 4 is 11.8 Å². The molecule has 0 heterocycles. The van der Waals surface area contributed by atoms with Gasteiger partial charge < -0.3 is 4.74 Å². The number of rotatable bonds is 5. The molecule has 1 unspecified atom stereocenters. The average Bonchev–Trinajstić information content (AvgIpc) is 2.73. The standard InChI is InChI=1S/C18H20O3.2CO.Mn.NO/c1-3-21-18(20)17(13(2)19)16-12-8-7-11-15(16)14-9-5-4-6-10-14;2*1-2;;1-2/h4-12,15-17H,3H2,1-2H3;;;;/q;;;;+1/t15-,16-,17?;;;;/m0..../s1. The molecular weight excluding hydrogens is 405 g/mol. The van der Waals surface area contributed by atoms with Crippen LogP contribution in [0.2, 0.25) is 0 Å². The van der Waals surface area contributed by atoms with E-state index in [0.717, 1.165) is 5.56 Å². The number of nitrogens with zero attached hydrogens (tertiary/aromatic N) is 1. The molecule has 0 saturated carbocycles. The average molecular weight is 425 g/mol. The Balaban J connectivity index is -0.000000815. The van der Waals surface area contributed by atoms with Gasteiger partial charge in [-0.3, -0.25) is 9.59 Å². The molecule has 2 rings (SSSR count). The first-order chi connectivity index (χ1) is 13.1. The molecule has 0 aromatic heterocycles. The molecule has 1 aliphatic rings. The van der Waals surface area contributed by atoms with Crippen molar-refractivity contribution in [2.24, 2.45) is 11.8 Å². The Morgan fingerprint density at radius 2 is 1.57 bits per heavy atom. The Labute approximate surface area is 174 Å². The maximum atomic E-state index is 12.2. The van der Waals surface area contributed by atoms with Crippen LogP contribution in [0.25, 0.3) is 0 Å². The molecule has 0 amide bonds. The van der Waals surface area contributed by atoms with Crippen molar-refractivity contribution in [3.05, 3.63) is 73.5 Å². The maximum absolute atomic E-state index is 12.2. The number of ketones is 1. The zero-order valence-corrected chi connectivity index (χ0v) is 16.6. The van der Waals surface area contributed by atoms with Gasteiger partial charge in [-0.25, -0.2) is 0 Å². The van der Waals surface area contributed by atoms with E-state index in [0.29, 0.717) is 0 Å². The predicted molar refractivity (Wildman–Crippen MR) is 92.0 cm³/mol. The van der Waals surface area contributed by atoms with Crippen LogP contribution in [-0.4, -0.2) is 18.4 Å². The van der Waals surface area contributed by atoms with E-state index in [-0.39, 0.29) is 41.3 Å². The van der Waals surface area contributed by atoms with Crippen LogP contribution in [0.1, 0.15) is 25.3 Å². The number of hydrogen-bond donors (Lipinski definition) is 0. The van der Waals surface area contributed by atoms with E-state index in [4.69, 9.17) is 24.3 Å². The van der Waals surface area contributed by atoms with Crippen LogP contribution in [0.5, 0.6) is 0 Å². The molecule has 7 nitrogen and oxygen atoms in total. The summed E-state index contributed by atoms with van der Waals surface area (Å²) in [5, 5.41) is 0. The molecule has 1 aromatic rings. The van der Waals surface area contributed by atoms with Crippen molar-refractivity contribution in [3.63, 3.8) is 0 Å². The van der Waals surface area contributed by atoms with Gasteiger partial charge >= 0.3 is 38.8 Å². The summed E-state index contributed by atoms with van der Waals surface area (Å²) in [6.07, 6.45) is 7.81. The van der Waals surface area contributed by atoms with Gasteiger partial charge in [0.25, 0.3) is 0 Å². The van der Waals surface area contributed by atoms with Gasteiger partial charge in [0.15, 0.2) is 0 Å².